The van der Waals surface area contributed by atoms with Crippen LogP contribution in [0, 0.1) is 0 Å². The Hall–Kier alpha value is -0.120. The van der Waals surface area contributed by atoms with Crippen molar-refractivity contribution < 1.29 is 14.9 Å². The maximum absolute atomic E-state index is 9.81. The Labute approximate surface area is 99.8 Å². The number of aliphatic hydroxyl groups is 2. The third kappa shape index (κ3) is 5.28. The average Bonchev–Trinajstić information content (AvgIpc) is 2.28. The molecule has 0 spiro atoms. The quantitative estimate of drug-likeness (QED) is 0.475. The van der Waals surface area contributed by atoms with Crippen LogP contribution in [0.15, 0.2) is 0 Å². The average molecular weight is 232 g/mol. The summed E-state index contributed by atoms with van der Waals surface area (Å²) < 4.78 is 5.73. The molecule has 0 rings (SSSR count). The number of ether oxygens (including phenoxy) is 1. The number of hydrogen-bond donors (Lipinski definition) is 2. The zero-order chi connectivity index (χ0) is 12.7. The molecule has 0 aliphatic rings. The van der Waals surface area contributed by atoms with Crippen molar-refractivity contribution in [3.63, 3.8) is 0 Å². The lowest BCUT2D eigenvalue weighted by atomic mass is 9.90. The molecule has 0 saturated heterocycles. The van der Waals surface area contributed by atoms with E-state index in [9.17, 15) is 5.11 Å². The highest BCUT2D eigenvalue weighted by Crippen LogP contribution is 2.31. The van der Waals surface area contributed by atoms with Crippen molar-refractivity contribution in [1.29, 1.82) is 0 Å². The summed E-state index contributed by atoms with van der Waals surface area (Å²) in [5.74, 6) is -1.42. The van der Waals surface area contributed by atoms with Crippen molar-refractivity contribution in [3.05, 3.63) is 0 Å². The number of hydrogen-bond acceptors (Lipinski definition) is 3. The predicted molar refractivity (Wildman–Crippen MR) is 66.2 cm³/mol. The number of aliphatic hydroxyl groups excluding tert-OH is 1. The van der Waals surface area contributed by atoms with Gasteiger partial charge >= 0.3 is 0 Å². The van der Waals surface area contributed by atoms with E-state index in [1.165, 1.54) is 19.8 Å². The third-order valence-electron chi connectivity index (χ3n) is 3.25. The Morgan fingerprint density at radius 3 is 2.00 bits per heavy atom. The van der Waals surface area contributed by atoms with E-state index in [0.717, 1.165) is 25.7 Å². The van der Waals surface area contributed by atoms with Crippen LogP contribution in [0.5, 0.6) is 0 Å². The molecule has 3 nitrogen and oxygen atoms in total. The number of unbranched alkanes of at least 4 members (excludes halogenated alkanes) is 2. The van der Waals surface area contributed by atoms with E-state index in [4.69, 9.17) is 9.84 Å². The minimum atomic E-state index is -1.42. The van der Waals surface area contributed by atoms with Crippen LogP contribution in [-0.4, -0.2) is 28.2 Å². The van der Waals surface area contributed by atoms with Gasteiger partial charge in [-0.2, -0.15) is 0 Å². The highest BCUT2D eigenvalue weighted by molar-refractivity contribution is 4.80. The van der Waals surface area contributed by atoms with Crippen molar-refractivity contribution >= 4 is 0 Å². The monoisotopic (exact) mass is 232 g/mol. The lowest BCUT2D eigenvalue weighted by Crippen LogP contribution is -2.44. The Balaban J connectivity index is 4.42. The van der Waals surface area contributed by atoms with Gasteiger partial charge in [-0.25, -0.2) is 0 Å². The molecule has 1 atom stereocenters. The van der Waals surface area contributed by atoms with E-state index < -0.39 is 5.79 Å². The maximum Gasteiger partial charge on any atom is 0.186 e. The van der Waals surface area contributed by atoms with Crippen LogP contribution in [0.3, 0.4) is 0 Å². The fourth-order valence-corrected chi connectivity index (χ4v) is 1.99. The molecular weight excluding hydrogens is 204 g/mol. The van der Waals surface area contributed by atoms with E-state index in [1.807, 2.05) is 0 Å². The van der Waals surface area contributed by atoms with Crippen LogP contribution >= 0.6 is 0 Å². The molecule has 0 heterocycles. The minimum absolute atomic E-state index is 0.290. The van der Waals surface area contributed by atoms with Gasteiger partial charge in [0.05, 0.1) is 12.2 Å². The van der Waals surface area contributed by atoms with Gasteiger partial charge in [0.25, 0.3) is 0 Å². The summed E-state index contributed by atoms with van der Waals surface area (Å²) >= 11 is 0. The molecule has 0 aromatic rings. The number of rotatable bonds is 9. The summed E-state index contributed by atoms with van der Waals surface area (Å²) in [5, 5.41) is 18.9. The molecule has 98 valence electrons. The van der Waals surface area contributed by atoms with Crippen molar-refractivity contribution in [3.8, 4) is 0 Å². The smallest absolute Gasteiger partial charge is 0.186 e. The lowest BCUT2D eigenvalue weighted by molar-refractivity contribution is -0.274. The van der Waals surface area contributed by atoms with Crippen molar-refractivity contribution in [2.75, 3.05) is 6.61 Å². The molecule has 2 N–H and O–H groups in total. The third-order valence-corrected chi connectivity index (χ3v) is 3.25. The molecule has 0 radical (unpaired) electrons. The molecule has 0 aliphatic heterocycles. The van der Waals surface area contributed by atoms with Crippen LogP contribution in [0.25, 0.3) is 0 Å². The molecule has 0 aliphatic carbocycles. The lowest BCUT2D eigenvalue weighted by Gasteiger charge is -2.38. The van der Waals surface area contributed by atoms with Gasteiger partial charge in [-0.05, 0) is 26.2 Å². The Morgan fingerprint density at radius 2 is 1.62 bits per heavy atom. The fourth-order valence-electron chi connectivity index (χ4n) is 1.99. The van der Waals surface area contributed by atoms with E-state index in [-0.39, 0.29) is 12.2 Å². The van der Waals surface area contributed by atoms with E-state index >= 15 is 0 Å². The van der Waals surface area contributed by atoms with Gasteiger partial charge in [-0.3, -0.25) is 0 Å². The first-order chi connectivity index (χ1) is 7.45. The molecule has 3 heteroatoms. The van der Waals surface area contributed by atoms with Crippen LogP contribution in [0.2, 0.25) is 0 Å². The minimum Gasteiger partial charge on any atom is -0.391 e. The Kier molecular flexibility index (Phi) is 7.20. The fraction of sp³-hybridized carbons (Fsp3) is 1.00. The van der Waals surface area contributed by atoms with Gasteiger partial charge in [-0.15, -0.1) is 0 Å². The van der Waals surface area contributed by atoms with Crippen LogP contribution in [-0.2, 0) is 4.74 Å². The molecule has 0 fully saturated rings. The van der Waals surface area contributed by atoms with Gasteiger partial charge in [0.15, 0.2) is 5.79 Å². The molecule has 1 unspecified atom stereocenters. The second-order valence-corrected chi connectivity index (χ2v) is 4.78. The molecule has 0 aromatic heterocycles. The van der Waals surface area contributed by atoms with Crippen molar-refractivity contribution in [2.45, 2.75) is 77.6 Å². The first-order valence-electron chi connectivity index (χ1n) is 6.48. The largest absolute Gasteiger partial charge is 0.391 e. The van der Waals surface area contributed by atoms with Gasteiger partial charge in [0.1, 0.15) is 0 Å². The summed E-state index contributed by atoms with van der Waals surface area (Å²) in [4.78, 5) is 0. The van der Waals surface area contributed by atoms with E-state index in [0.29, 0.717) is 0 Å². The first-order valence-corrected chi connectivity index (χ1v) is 6.48. The highest BCUT2D eigenvalue weighted by Gasteiger charge is 2.34. The molecular formula is C13H28O3. The van der Waals surface area contributed by atoms with E-state index in [1.54, 1.807) is 0 Å². The molecule has 16 heavy (non-hydrogen) atoms. The second-order valence-electron chi connectivity index (χ2n) is 4.78. The molecule has 0 saturated carbocycles. The standard InChI is InChI=1S/C13H28O3/c1-5-8-9-10-13(6-2,7-3)16-12(4,15)11-14/h14-15H,5-11H2,1-4H3. The summed E-state index contributed by atoms with van der Waals surface area (Å²) in [6, 6.07) is 0. The summed E-state index contributed by atoms with van der Waals surface area (Å²) in [6.45, 7) is 7.48. The predicted octanol–water partition coefficient (Wildman–Crippen LogP) is 2.84. The van der Waals surface area contributed by atoms with Crippen LogP contribution in [0.4, 0.5) is 0 Å². The molecule has 0 aromatic carbocycles. The van der Waals surface area contributed by atoms with Crippen LogP contribution < -0.4 is 0 Å². The highest BCUT2D eigenvalue weighted by atomic mass is 16.6. The van der Waals surface area contributed by atoms with Gasteiger partial charge < -0.3 is 14.9 Å². The normalized spacial score (nSPS) is 16.1. The summed E-state index contributed by atoms with van der Waals surface area (Å²) in [7, 11) is 0. The zero-order valence-electron chi connectivity index (χ0n) is 11.3. The Morgan fingerprint density at radius 1 is 1.06 bits per heavy atom. The molecule has 0 amide bonds. The van der Waals surface area contributed by atoms with Crippen molar-refractivity contribution in [1.82, 2.24) is 0 Å². The van der Waals surface area contributed by atoms with Gasteiger partial charge in [0, 0.05) is 0 Å². The summed E-state index contributed by atoms with van der Waals surface area (Å²) in [5.41, 5.74) is -0.290. The van der Waals surface area contributed by atoms with Gasteiger partial charge in [-0.1, -0.05) is 40.0 Å². The Bertz CT molecular complexity index is 174. The van der Waals surface area contributed by atoms with Crippen molar-refractivity contribution in [2.24, 2.45) is 0 Å². The second kappa shape index (κ2) is 7.25. The topological polar surface area (TPSA) is 49.7 Å². The summed E-state index contributed by atoms with van der Waals surface area (Å²) in [6.07, 6.45) is 6.16. The van der Waals surface area contributed by atoms with Crippen LogP contribution in [0.1, 0.15) is 66.2 Å². The van der Waals surface area contributed by atoms with Gasteiger partial charge in [0.2, 0.25) is 0 Å². The zero-order valence-corrected chi connectivity index (χ0v) is 11.3. The first kappa shape index (κ1) is 15.9. The molecule has 0 bridgehead atoms. The van der Waals surface area contributed by atoms with E-state index in [2.05, 4.69) is 20.8 Å². The maximum atomic E-state index is 9.81. The SMILES string of the molecule is CCCCCC(CC)(CC)OC(C)(O)CO.